The second kappa shape index (κ2) is 5.89. The van der Waals surface area contributed by atoms with Gasteiger partial charge in [-0.15, -0.1) is 0 Å². The fourth-order valence-corrected chi connectivity index (χ4v) is 2.07. The first-order valence-corrected chi connectivity index (χ1v) is 6.48. The highest BCUT2D eigenvalue weighted by atomic mass is 79.9. The van der Waals surface area contributed by atoms with E-state index < -0.39 is 19.0 Å². The minimum atomic E-state index is -4.24. The van der Waals surface area contributed by atoms with Gasteiger partial charge in [0.2, 0.25) is 5.91 Å². The predicted octanol–water partition coefficient (Wildman–Crippen LogP) is 3.10. The molecule has 0 heterocycles. The summed E-state index contributed by atoms with van der Waals surface area (Å²) in [6.07, 6.45) is -2.77. The number of hydrogen-bond donors (Lipinski definition) is 0. The van der Waals surface area contributed by atoms with Crippen molar-refractivity contribution in [3.8, 4) is 0 Å². The van der Waals surface area contributed by atoms with Crippen molar-refractivity contribution in [2.24, 2.45) is 0 Å². The molecule has 0 aromatic carbocycles. The fourth-order valence-electron chi connectivity index (χ4n) is 1.69. The Labute approximate surface area is 101 Å². The number of amides is 1. The highest BCUT2D eigenvalue weighted by Crippen LogP contribution is 2.27. The van der Waals surface area contributed by atoms with Gasteiger partial charge in [0.25, 0.3) is 0 Å². The van der Waals surface area contributed by atoms with E-state index in [1.165, 1.54) is 0 Å². The molecule has 1 aliphatic rings. The van der Waals surface area contributed by atoms with E-state index in [1.807, 2.05) is 0 Å². The summed E-state index contributed by atoms with van der Waals surface area (Å²) in [4.78, 5) is 13.2. The molecule has 0 aliphatic heterocycles. The maximum atomic E-state index is 12.0. The first-order valence-electron chi connectivity index (χ1n) is 5.36. The molecular weight excluding hydrogens is 287 g/mol. The Balaban J connectivity index is 2.41. The second-order valence-corrected chi connectivity index (χ2v) is 4.77. The van der Waals surface area contributed by atoms with Crippen molar-refractivity contribution >= 4 is 21.8 Å². The summed E-state index contributed by atoms with van der Waals surface area (Å²) in [6.45, 7) is 0.501. The summed E-state index contributed by atoms with van der Waals surface area (Å²) in [6, 6.07) is 0.165. The van der Waals surface area contributed by atoms with E-state index in [-0.39, 0.29) is 11.9 Å². The Hall–Kier alpha value is -0.260. The number of carbonyl (C=O) groups is 1. The van der Waals surface area contributed by atoms with Crippen LogP contribution in [0.2, 0.25) is 0 Å². The van der Waals surface area contributed by atoms with E-state index in [0.29, 0.717) is 11.9 Å². The average Bonchev–Trinajstić information content (AvgIpc) is 2.09. The van der Waals surface area contributed by atoms with Gasteiger partial charge in [-0.1, -0.05) is 15.9 Å². The second-order valence-electron chi connectivity index (χ2n) is 3.98. The van der Waals surface area contributed by atoms with E-state index in [1.54, 1.807) is 4.90 Å². The number of carbonyl (C=O) groups excluding carboxylic acids is 1. The van der Waals surface area contributed by atoms with Gasteiger partial charge in [-0.2, -0.15) is 13.2 Å². The van der Waals surface area contributed by atoms with Gasteiger partial charge in [0.15, 0.2) is 0 Å². The monoisotopic (exact) mass is 301 g/mol. The number of halogens is 4. The molecule has 0 bridgehead atoms. The number of nitrogens with zero attached hydrogens (tertiary/aromatic N) is 1. The molecule has 0 aromatic heterocycles. The molecule has 0 aromatic rings. The van der Waals surface area contributed by atoms with Crippen molar-refractivity contribution in [1.82, 2.24) is 4.90 Å². The Morgan fingerprint density at radius 3 is 2.38 bits per heavy atom. The Kier molecular flexibility index (Phi) is 5.08. The van der Waals surface area contributed by atoms with Crippen molar-refractivity contribution in [3.05, 3.63) is 0 Å². The topological polar surface area (TPSA) is 20.3 Å². The standard InChI is InChI=1S/C10H15BrF3NO/c11-6-7-15(8-2-1-3-8)9(16)4-5-10(12,13)14/h8H,1-7H2. The molecule has 0 spiro atoms. The summed E-state index contributed by atoms with van der Waals surface area (Å²) in [5.74, 6) is -0.374. The van der Waals surface area contributed by atoms with Gasteiger partial charge >= 0.3 is 6.18 Å². The minimum absolute atomic E-state index is 0.165. The third kappa shape index (κ3) is 4.31. The maximum Gasteiger partial charge on any atom is 0.389 e. The predicted molar refractivity (Wildman–Crippen MR) is 58.4 cm³/mol. The number of alkyl halides is 4. The van der Waals surface area contributed by atoms with Crippen LogP contribution >= 0.6 is 15.9 Å². The zero-order valence-corrected chi connectivity index (χ0v) is 10.5. The molecule has 0 radical (unpaired) electrons. The van der Waals surface area contributed by atoms with E-state index in [2.05, 4.69) is 15.9 Å². The minimum Gasteiger partial charge on any atom is -0.339 e. The van der Waals surface area contributed by atoms with E-state index in [4.69, 9.17) is 0 Å². The van der Waals surface area contributed by atoms with E-state index in [9.17, 15) is 18.0 Å². The summed E-state index contributed by atoms with van der Waals surface area (Å²) in [7, 11) is 0. The maximum absolute atomic E-state index is 12.0. The van der Waals surface area contributed by atoms with Crippen LogP contribution in [0.25, 0.3) is 0 Å². The van der Waals surface area contributed by atoms with Crippen molar-refractivity contribution in [2.75, 3.05) is 11.9 Å². The molecule has 0 saturated heterocycles. The molecule has 0 unspecified atom stereocenters. The molecule has 1 amide bonds. The quantitative estimate of drug-likeness (QED) is 0.715. The van der Waals surface area contributed by atoms with Crippen molar-refractivity contribution in [1.29, 1.82) is 0 Å². The molecule has 6 heteroatoms. The SMILES string of the molecule is O=C(CCC(F)(F)F)N(CCBr)C1CCC1. The van der Waals surface area contributed by atoms with Crippen LogP contribution in [-0.2, 0) is 4.79 Å². The Morgan fingerprint density at radius 2 is 2.00 bits per heavy atom. The molecule has 94 valence electrons. The van der Waals surface area contributed by atoms with Crippen LogP contribution < -0.4 is 0 Å². The lowest BCUT2D eigenvalue weighted by molar-refractivity contribution is -0.151. The molecule has 1 fully saturated rings. The van der Waals surface area contributed by atoms with Crippen LogP contribution in [0.5, 0.6) is 0 Å². The Morgan fingerprint density at radius 1 is 1.38 bits per heavy atom. The van der Waals surface area contributed by atoms with Gasteiger partial charge in [-0.05, 0) is 19.3 Å². The highest BCUT2D eigenvalue weighted by molar-refractivity contribution is 9.09. The molecule has 1 aliphatic carbocycles. The van der Waals surface area contributed by atoms with Crippen LogP contribution in [0.15, 0.2) is 0 Å². The van der Waals surface area contributed by atoms with Crippen molar-refractivity contribution < 1.29 is 18.0 Å². The highest BCUT2D eigenvalue weighted by Gasteiger charge is 2.32. The summed E-state index contributed by atoms with van der Waals surface area (Å²) >= 11 is 3.21. The van der Waals surface area contributed by atoms with Crippen molar-refractivity contribution in [2.45, 2.75) is 44.3 Å². The number of rotatable bonds is 5. The molecule has 1 saturated carbocycles. The van der Waals surface area contributed by atoms with E-state index in [0.717, 1.165) is 19.3 Å². The summed E-state index contributed by atoms with van der Waals surface area (Å²) in [5.41, 5.74) is 0. The molecule has 0 N–H and O–H groups in total. The van der Waals surface area contributed by atoms with Crippen LogP contribution in [0, 0.1) is 0 Å². The first-order chi connectivity index (χ1) is 7.44. The van der Waals surface area contributed by atoms with E-state index >= 15 is 0 Å². The lowest BCUT2D eigenvalue weighted by atomic mass is 9.91. The smallest absolute Gasteiger partial charge is 0.339 e. The third-order valence-corrected chi connectivity index (χ3v) is 3.14. The average molecular weight is 302 g/mol. The first kappa shape index (κ1) is 13.8. The van der Waals surface area contributed by atoms with Crippen molar-refractivity contribution in [3.63, 3.8) is 0 Å². The van der Waals surface area contributed by atoms with Crippen LogP contribution in [0.1, 0.15) is 32.1 Å². The molecule has 16 heavy (non-hydrogen) atoms. The van der Waals surface area contributed by atoms with Gasteiger partial charge in [0.1, 0.15) is 0 Å². The third-order valence-electron chi connectivity index (χ3n) is 2.78. The largest absolute Gasteiger partial charge is 0.389 e. The van der Waals surface area contributed by atoms with Crippen LogP contribution in [0.4, 0.5) is 13.2 Å². The normalized spacial score (nSPS) is 17.0. The van der Waals surface area contributed by atoms with Gasteiger partial charge < -0.3 is 4.90 Å². The Bertz CT molecular complexity index is 241. The lowest BCUT2D eigenvalue weighted by Crippen LogP contribution is -2.45. The van der Waals surface area contributed by atoms with Crippen LogP contribution in [-0.4, -0.2) is 34.9 Å². The van der Waals surface area contributed by atoms with Crippen LogP contribution in [0.3, 0.4) is 0 Å². The number of hydrogen-bond acceptors (Lipinski definition) is 1. The molecule has 0 atom stereocenters. The zero-order chi connectivity index (χ0) is 12.2. The molecule has 1 rings (SSSR count). The van der Waals surface area contributed by atoms with Gasteiger partial charge in [0, 0.05) is 24.3 Å². The van der Waals surface area contributed by atoms with Gasteiger partial charge in [0.05, 0.1) is 6.42 Å². The summed E-state index contributed by atoms with van der Waals surface area (Å²) in [5, 5.41) is 0.612. The van der Waals surface area contributed by atoms with Gasteiger partial charge in [-0.25, -0.2) is 0 Å². The lowest BCUT2D eigenvalue weighted by Gasteiger charge is -2.37. The molecule has 2 nitrogen and oxygen atoms in total. The van der Waals surface area contributed by atoms with Gasteiger partial charge in [-0.3, -0.25) is 4.79 Å². The zero-order valence-electron chi connectivity index (χ0n) is 8.89. The summed E-state index contributed by atoms with van der Waals surface area (Å²) < 4.78 is 35.9. The fraction of sp³-hybridized carbons (Fsp3) is 0.900. The molecular formula is C10H15BrF3NO.